The Morgan fingerprint density at radius 3 is 3.00 bits per heavy atom. The number of fused-ring (bicyclic) bond motifs is 1. The number of hydrogen-bond acceptors (Lipinski definition) is 3. The molecule has 1 heterocycles. The summed E-state index contributed by atoms with van der Waals surface area (Å²) in [5, 5.41) is 12.9. The fraction of sp³-hybridized carbons (Fsp3) is 0.286. The minimum Gasteiger partial charge on any atom is -0.313 e. The van der Waals surface area contributed by atoms with Gasteiger partial charge in [-0.25, -0.2) is 0 Å². The molecule has 1 aromatic carbocycles. The Hall–Kier alpha value is -1.92. The zero-order valence-electron chi connectivity index (χ0n) is 9.69. The molecule has 2 aromatic rings. The monoisotopic (exact) mass is 225 g/mol. The van der Waals surface area contributed by atoms with Crippen LogP contribution in [0.2, 0.25) is 0 Å². The second-order valence-electron chi connectivity index (χ2n) is 3.93. The van der Waals surface area contributed by atoms with E-state index >= 15 is 0 Å². The zero-order valence-corrected chi connectivity index (χ0v) is 9.69. The second kappa shape index (κ2) is 5.97. The van der Waals surface area contributed by atoms with Crippen molar-refractivity contribution in [2.45, 2.75) is 19.4 Å². The summed E-state index contributed by atoms with van der Waals surface area (Å²) in [7, 11) is 0. The van der Waals surface area contributed by atoms with E-state index in [2.05, 4.69) is 40.6 Å². The van der Waals surface area contributed by atoms with E-state index < -0.39 is 0 Å². The fourth-order valence-corrected chi connectivity index (χ4v) is 1.83. The number of benzene rings is 1. The Balaban J connectivity index is 2.01. The molecule has 1 aromatic heterocycles. The van der Waals surface area contributed by atoms with E-state index in [-0.39, 0.29) is 0 Å². The van der Waals surface area contributed by atoms with Gasteiger partial charge in [-0.1, -0.05) is 24.3 Å². The maximum atomic E-state index is 8.44. The molecule has 0 unspecified atom stereocenters. The van der Waals surface area contributed by atoms with Gasteiger partial charge in [0.2, 0.25) is 0 Å². The molecule has 3 nitrogen and oxygen atoms in total. The van der Waals surface area contributed by atoms with Gasteiger partial charge in [0.15, 0.2) is 0 Å². The number of para-hydroxylation sites is 1. The van der Waals surface area contributed by atoms with Crippen LogP contribution in [-0.4, -0.2) is 11.5 Å². The van der Waals surface area contributed by atoms with Gasteiger partial charge in [-0.05, 0) is 24.6 Å². The summed E-state index contributed by atoms with van der Waals surface area (Å²) in [5.74, 6) is 0. The summed E-state index contributed by atoms with van der Waals surface area (Å²) in [6.45, 7) is 1.68. The van der Waals surface area contributed by atoms with Gasteiger partial charge in [0, 0.05) is 24.5 Å². The first-order chi connectivity index (χ1) is 8.42. The number of nitrogens with zero attached hydrogens (tertiary/aromatic N) is 2. The Morgan fingerprint density at radius 2 is 2.12 bits per heavy atom. The van der Waals surface area contributed by atoms with Crippen LogP contribution in [0.5, 0.6) is 0 Å². The molecule has 0 aliphatic heterocycles. The molecule has 0 radical (unpaired) electrons. The number of nitriles is 1. The van der Waals surface area contributed by atoms with Crippen molar-refractivity contribution >= 4 is 10.9 Å². The maximum absolute atomic E-state index is 8.44. The van der Waals surface area contributed by atoms with Crippen molar-refractivity contribution in [2.24, 2.45) is 0 Å². The lowest BCUT2D eigenvalue weighted by molar-refractivity contribution is 0.659. The molecule has 3 heteroatoms. The lowest BCUT2D eigenvalue weighted by Crippen LogP contribution is -2.14. The molecule has 0 fully saturated rings. The maximum Gasteiger partial charge on any atom is 0.0746 e. The third kappa shape index (κ3) is 3.02. The summed E-state index contributed by atoms with van der Waals surface area (Å²) in [6, 6.07) is 12.4. The fourth-order valence-electron chi connectivity index (χ4n) is 1.83. The van der Waals surface area contributed by atoms with Crippen LogP contribution in [0, 0.1) is 11.3 Å². The average Bonchev–Trinajstić information content (AvgIpc) is 2.39. The van der Waals surface area contributed by atoms with E-state index in [4.69, 9.17) is 5.26 Å². The van der Waals surface area contributed by atoms with Crippen molar-refractivity contribution in [1.29, 1.82) is 5.26 Å². The van der Waals surface area contributed by atoms with Gasteiger partial charge in [0.05, 0.1) is 11.6 Å². The van der Waals surface area contributed by atoms with Crippen LogP contribution in [0.25, 0.3) is 10.9 Å². The number of rotatable bonds is 5. The molecule has 0 amide bonds. The molecular weight excluding hydrogens is 210 g/mol. The zero-order chi connectivity index (χ0) is 11.9. The first-order valence-electron chi connectivity index (χ1n) is 5.82. The standard InChI is InChI=1S/C14H15N3/c15-8-1-2-9-16-11-13-6-3-5-12-7-4-10-17-14(12)13/h3-7,10,16H,1-2,9,11H2. The third-order valence-corrected chi connectivity index (χ3v) is 2.67. The molecule has 0 bridgehead atoms. The minimum absolute atomic E-state index is 0.612. The van der Waals surface area contributed by atoms with Gasteiger partial charge in [-0.2, -0.15) is 5.26 Å². The van der Waals surface area contributed by atoms with Crippen molar-refractivity contribution in [1.82, 2.24) is 10.3 Å². The van der Waals surface area contributed by atoms with E-state index in [9.17, 15) is 0 Å². The quantitative estimate of drug-likeness (QED) is 0.796. The first kappa shape index (κ1) is 11.6. The molecule has 0 aliphatic rings. The van der Waals surface area contributed by atoms with Crippen LogP contribution in [0.4, 0.5) is 0 Å². The number of pyridine rings is 1. The van der Waals surface area contributed by atoms with Gasteiger partial charge < -0.3 is 5.32 Å². The summed E-state index contributed by atoms with van der Waals surface area (Å²) >= 11 is 0. The topological polar surface area (TPSA) is 48.7 Å². The van der Waals surface area contributed by atoms with Gasteiger partial charge in [-0.3, -0.25) is 4.98 Å². The number of aromatic nitrogens is 1. The largest absolute Gasteiger partial charge is 0.313 e. The van der Waals surface area contributed by atoms with E-state index in [1.165, 1.54) is 10.9 Å². The van der Waals surface area contributed by atoms with Crippen molar-refractivity contribution in [3.63, 3.8) is 0 Å². The van der Waals surface area contributed by atoms with Crippen molar-refractivity contribution in [3.05, 3.63) is 42.1 Å². The Morgan fingerprint density at radius 1 is 1.24 bits per heavy atom. The smallest absolute Gasteiger partial charge is 0.0746 e. The first-order valence-corrected chi connectivity index (χ1v) is 5.82. The average molecular weight is 225 g/mol. The van der Waals surface area contributed by atoms with E-state index in [0.717, 1.165) is 25.0 Å². The molecule has 0 aliphatic carbocycles. The van der Waals surface area contributed by atoms with Crippen LogP contribution < -0.4 is 5.32 Å². The Bertz CT molecular complexity index is 523. The van der Waals surface area contributed by atoms with E-state index in [1.54, 1.807) is 0 Å². The highest BCUT2D eigenvalue weighted by molar-refractivity contribution is 5.81. The van der Waals surface area contributed by atoms with Gasteiger partial charge in [-0.15, -0.1) is 0 Å². The highest BCUT2D eigenvalue weighted by Gasteiger charge is 2.00. The molecule has 0 saturated heterocycles. The van der Waals surface area contributed by atoms with Crippen molar-refractivity contribution < 1.29 is 0 Å². The molecule has 1 N–H and O–H groups in total. The Labute approximate surface area is 101 Å². The van der Waals surface area contributed by atoms with Crippen LogP contribution >= 0.6 is 0 Å². The van der Waals surface area contributed by atoms with Gasteiger partial charge in [0.25, 0.3) is 0 Å². The molecule has 0 saturated carbocycles. The highest BCUT2D eigenvalue weighted by atomic mass is 14.8. The molecule has 86 valence electrons. The summed E-state index contributed by atoms with van der Waals surface area (Å²) in [4.78, 5) is 4.40. The lowest BCUT2D eigenvalue weighted by atomic mass is 10.1. The van der Waals surface area contributed by atoms with Crippen LogP contribution in [0.1, 0.15) is 18.4 Å². The second-order valence-corrected chi connectivity index (χ2v) is 3.93. The lowest BCUT2D eigenvalue weighted by Gasteiger charge is -2.06. The third-order valence-electron chi connectivity index (χ3n) is 2.67. The highest BCUT2D eigenvalue weighted by Crippen LogP contribution is 2.15. The Kier molecular flexibility index (Phi) is 4.06. The number of hydrogen-bond donors (Lipinski definition) is 1. The van der Waals surface area contributed by atoms with Crippen molar-refractivity contribution in [3.8, 4) is 6.07 Å². The van der Waals surface area contributed by atoms with Gasteiger partial charge >= 0.3 is 0 Å². The number of unbranched alkanes of at least 4 members (excludes halogenated alkanes) is 1. The molecule has 2 rings (SSSR count). The van der Waals surface area contributed by atoms with Crippen molar-refractivity contribution in [2.75, 3.05) is 6.54 Å². The van der Waals surface area contributed by atoms with E-state index in [1.807, 2.05) is 12.3 Å². The SMILES string of the molecule is N#CCCCNCc1cccc2cccnc12. The normalized spacial score (nSPS) is 10.3. The van der Waals surface area contributed by atoms with Crippen LogP contribution in [-0.2, 0) is 6.54 Å². The molecule has 0 atom stereocenters. The summed E-state index contributed by atoms with van der Waals surface area (Å²) in [5.41, 5.74) is 2.27. The predicted molar refractivity (Wildman–Crippen MR) is 68.3 cm³/mol. The van der Waals surface area contributed by atoms with Crippen LogP contribution in [0.15, 0.2) is 36.5 Å². The van der Waals surface area contributed by atoms with E-state index in [0.29, 0.717) is 6.42 Å². The molecule has 17 heavy (non-hydrogen) atoms. The molecular formula is C14H15N3. The summed E-state index contributed by atoms with van der Waals surface area (Å²) < 4.78 is 0. The number of nitrogens with one attached hydrogen (secondary N) is 1. The predicted octanol–water partition coefficient (Wildman–Crippen LogP) is 2.63. The van der Waals surface area contributed by atoms with Gasteiger partial charge in [0.1, 0.15) is 0 Å². The summed E-state index contributed by atoms with van der Waals surface area (Å²) in [6.07, 6.45) is 3.33. The minimum atomic E-state index is 0.612. The van der Waals surface area contributed by atoms with Crippen LogP contribution in [0.3, 0.4) is 0 Å². The molecule has 0 spiro atoms.